The molecule has 0 heterocycles. The second-order valence-electron chi connectivity index (χ2n) is 8.55. The molecular weight excluding hydrogens is 432 g/mol. The predicted molar refractivity (Wildman–Crippen MR) is 144 cm³/mol. The van der Waals surface area contributed by atoms with Crippen LogP contribution in [-0.4, -0.2) is 13.2 Å². The summed E-state index contributed by atoms with van der Waals surface area (Å²) in [7, 11) is 0. The molecule has 0 saturated heterocycles. The standard InChI is InChI=1S/C31H28N2O2/c1-3-17-34-29-15-13-21(19-27(29)32)31(22-14-16-30(28(33)20-22)35-18-4-2)25-11-7-5-9-23(25)24-10-6-8-12-26(24)31/h3-16,19-20H,1-2,17-18,32-33H2. The first-order chi connectivity index (χ1) is 17.1. The van der Waals surface area contributed by atoms with Crippen molar-refractivity contribution in [3.05, 3.63) is 132 Å². The van der Waals surface area contributed by atoms with Crippen molar-refractivity contribution in [2.75, 3.05) is 24.7 Å². The molecule has 1 aliphatic rings. The molecule has 0 unspecified atom stereocenters. The zero-order valence-corrected chi connectivity index (χ0v) is 19.5. The number of fused-ring (bicyclic) bond motifs is 3. The molecule has 4 aromatic carbocycles. The Labute approximate surface area is 206 Å². The normalized spacial score (nSPS) is 12.9. The Hall–Kier alpha value is -4.44. The number of benzene rings is 4. The number of ether oxygens (including phenoxy) is 2. The molecule has 4 N–H and O–H groups in total. The monoisotopic (exact) mass is 460 g/mol. The molecule has 0 aromatic heterocycles. The van der Waals surface area contributed by atoms with Gasteiger partial charge in [0.1, 0.15) is 24.7 Å². The summed E-state index contributed by atoms with van der Waals surface area (Å²) in [5.74, 6) is 1.27. The minimum atomic E-state index is -0.608. The second kappa shape index (κ2) is 9.07. The fraction of sp³-hybridized carbons (Fsp3) is 0.0968. The summed E-state index contributed by atoms with van der Waals surface area (Å²) in [6, 6.07) is 29.1. The van der Waals surface area contributed by atoms with Crippen molar-refractivity contribution in [1.29, 1.82) is 0 Å². The second-order valence-corrected chi connectivity index (χ2v) is 8.55. The molecule has 4 heteroatoms. The maximum atomic E-state index is 6.50. The van der Waals surface area contributed by atoms with Crippen molar-refractivity contribution < 1.29 is 9.47 Å². The predicted octanol–water partition coefficient (Wildman–Crippen LogP) is 6.34. The maximum Gasteiger partial charge on any atom is 0.142 e. The molecule has 174 valence electrons. The first-order valence-electron chi connectivity index (χ1n) is 11.6. The van der Waals surface area contributed by atoms with E-state index >= 15 is 0 Å². The minimum absolute atomic E-state index is 0.392. The van der Waals surface area contributed by atoms with E-state index in [9.17, 15) is 0 Å². The summed E-state index contributed by atoms with van der Waals surface area (Å²) in [6.45, 7) is 8.24. The number of rotatable bonds is 8. The Kier molecular flexibility index (Phi) is 5.79. The lowest BCUT2D eigenvalue weighted by Gasteiger charge is -2.34. The van der Waals surface area contributed by atoms with Crippen LogP contribution in [0.1, 0.15) is 22.3 Å². The quantitative estimate of drug-likeness (QED) is 0.209. The summed E-state index contributed by atoms with van der Waals surface area (Å²) < 4.78 is 11.5. The largest absolute Gasteiger partial charge is 0.487 e. The Morgan fingerprint density at radius 2 is 1.06 bits per heavy atom. The number of hydrogen-bond donors (Lipinski definition) is 2. The fourth-order valence-corrected chi connectivity index (χ4v) is 5.15. The molecule has 0 saturated carbocycles. The summed E-state index contributed by atoms with van der Waals surface area (Å²) >= 11 is 0. The van der Waals surface area contributed by atoms with Crippen LogP contribution >= 0.6 is 0 Å². The van der Waals surface area contributed by atoms with E-state index < -0.39 is 5.41 Å². The van der Waals surface area contributed by atoms with Gasteiger partial charge < -0.3 is 20.9 Å². The first kappa shape index (κ1) is 22.4. The molecule has 0 amide bonds. The zero-order valence-electron chi connectivity index (χ0n) is 19.5. The van der Waals surface area contributed by atoms with Crippen LogP contribution in [0.4, 0.5) is 11.4 Å². The van der Waals surface area contributed by atoms with Gasteiger partial charge in [0.2, 0.25) is 0 Å². The smallest absolute Gasteiger partial charge is 0.142 e. The van der Waals surface area contributed by atoms with Gasteiger partial charge in [-0.05, 0) is 57.6 Å². The average Bonchev–Trinajstić information content (AvgIpc) is 3.18. The third-order valence-corrected chi connectivity index (χ3v) is 6.55. The van der Waals surface area contributed by atoms with Gasteiger partial charge in [-0.25, -0.2) is 0 Å². The molecule has 0 radical (unpaired) electrons. The lowest BCUT2D eigenvalue weighted by molar-refractivity contribution is 0.365. The molecule has 0 atom stereocenters. The molecule has 0 fully saturated rings. The van der Waals surface area contributed by atoms with Crippen molar-refractivity contribution in [3.63, 3.8) is 0 Å². The highest BCUT2D eigenvalue weighted by Crippen LogP contribution is 2.56. The molecule has 4 aromatic rings. The SMILES string of the molecule is C=CCOc1ccc(C2(c3ccc(OCC=C)c(N)c3)c3ccccc3-c3ccccc32)cc1N. The van der Waals surface area contributed by atoms with Gasteiger partial charge in [0.15, 0.2) is 0 Å². The molecule has 1 aliphatic carbocycles. The van der Waals surface area contributed by atoms with E-state index in [1.165, 1.54) is 22.3 Å². The Morgan fingerprint density at radius 1 is 0.629 bits per heavy atom. The van der Waals surface area contributed by atoms with E-state index in [-0.39, 0.29) is 0 Å². The van der Waals surface area contributed by atoms with Crippen molar-refractivity contribution >= 4 is 11.4 Å². The van der Waals surface area contributed by atoms with Crippen molar-refractivity contribution in [2.24, 2.45) is 0 Å². The van der Waals surface area contributed by atoms with Gasteiger partial charge >= 0.3 is 0 Å². The highest BCUT2D eigenvalue weighted by Gasteiger charge is 2.46. The Bertz CT molecular complexity index is 1310. The van der Waals surface area contributed by atoms with Gasteiger partial charge in [-0.1, -0.05) is 86.0 Å². The van der Waals surface area contributed by atoms with Crippen molar-refractivity contribution in [3.8, 4) is 22.6 Å². The molecule has 4 nitrogen and oxygen atoms in total. The summed E-state index contributed by atoms with van der Waals surface area (Å²) in [5, 5.41) is 0. The van der Waals surface area contributed by atoms with Crippen LogP contribution in [0.2, 0.25) is 0 Å². The zero-order chi connectivity index (χ0) is 24.4. The number of nitrogen functional groups attached to an aromatic ring is 2. The number of hydrogen-bond acceptors (Lipinski definition) is 4. The van der Waals surface area contributed by atoms with Gasteiger partial charge in [-0.15, -0.1) is 0 Å². The van der Waals surface area contributed by atoms with Crippen LogP contribution in [-0.2, 0) is 5.41 Å². The molecular formula is C31H28N2O2. The summed E-state index contributed by atoms with van der Waals surface area (Å²) in [4.78, 5) is 0. The topological polar surface area (TPSA) is 70.5 Å². The molecule has 0 spiro atoms. The van der Waals surface area contributed by atoms with E-state index in [1.807, 2.05) is 24.3 Å². The van der Waals surface area contributed by atoms with Gasteiger partial charge in [0.05, 0.1) is 16.8 Å². The highest BCUT2D eigenvalue weighted by molar-refractivity contribution is 5.87. The first-order valence-corrected chi connectivity index (χ1v) is 11.6. The lowest BCUT2D eigenvalue weighted by atomic mass is 9.67. The fourth-order valence-electron chi connectivity index (χ4n) is 5.15. The van der Waals surface area contributed by atoms with Crippen molar-refractivity contribution in [2.45, 2.75) is 5.41 Å². The molecule has 5 rings (SSSR count). The van der Waals surface area contributed by atoms with Gasteiger partial charge in [-0.3, -0.25) is 0 Å². The van der Waals surface area contributed by atoms with Gasteiger partial charge in [0.25, 0.3) is 0 Å². The molecule has 0 bridgehead atoms. The van der Waals surface area contributed by atoms with E-state index in [0.29, 0.717) is 36.1 Å². The lowest BCUT2D eigenvalue weighted by Crippen LogP contribution is -2.29. The summed E-state index contributed by atoms with van der Waals surface area (Å²) in [5.41, 5.74) is 20.4. The number of nitrogens with two attached hydrogens (primary N) is 2. The van der Waals surface area contributed by atoms with Crippen LogP contribution in [0.15, 0.2) is 110 Å². The molecule has 0 aliphatic heterocycles. The summed E-state index contributed by atoms with van der Waals surface area (Å²) in [6.07, 6.45) is 3.41. The van der Waals surface area contributed by atoms with E-state index in [4.69, 9.17) is 20.9 Å². The molecule has 35 heavy (non-hydrogen) atoms. The van der Waals surface area contributed by atoms with E-state index in [1.54, 1.807) is 12.2 Å². The van der Waals surface area contributed by atoms with Crippen LogP contribution in [0.5, 0.6) is 11.5 Å². The highest BCUT2D eigenvalue weighted by atomic mass is 16.5. The third-order valence-electron chi connectivity index (χ3n) is 6.55. The minimum Gasteiger partial charge on any atom is -0.487 e. The average molecular weight is 461 g/mol. The van der Waals surface area contributed by atoms with Crippen LogP contribution in [0, 0.1) is 0 Å². The van der Waals surface area contributed by atoms with Crippen LogP contribution in [0.25, 0.3) is 11.1 Å². The van der Waals surface area contributed by atoms with Gasteiger partial charge in [0, 0.05) is 0 Å². The van der Waals surface area contributed by atoms with Crippen LogP contribution in [0.3, 0.4) is 0 Å². The van der Waals surface area contributed by atoms with Crippen molar-refractivity contribution in [1.82, 2.24) is 0 Å². The van der Waals surface area contributed by atoms with Crippen LogP contribution < -0.4 is 20.9 Å². The van der Waals surface area contributed by atoms with E-state index in [0.717, 1.165) is 11.1 Å². The Morgan fingerprint density at radius 3 is 1.46 bits per heavy atom. The maximum absolute atomic E-state index is 6.50. The van der Waals surface area contributed by atoms with E-state index in [2.05, 4.69) is 73.8 Å². The third kappa shape index (κ3) is 3.55. The Balaban J connectivity index is 1.80. The number of anilines is 2. The van der Waals surface area contributed by atoms with Gasteiger partial charge in [-0.2, -0.15) is 0 Å².